The minimum absolute atomic E-state index is 0.168. The summed E-state index contributed by atoms with van der Waals surface area (Å²) in [6.45, 7) is 11.0. The van der Waals surface area contributed by atoms with Crippen LogP contribution in [-0.4, -0.2) is 51.3 Å². The SMILES string of the molecule is CC[C@@H](c1nnnn1Cc1ccc(F)cc1)N1CCN(c2cccc(C)c2C)CC1. The first-order valence-corrected chi connectivity index (χ1v) is 10.6. The van der Waals surface area contributed by atoms with Gasteiger partial charge in [0.15, 0.2) is 5.82 Å². The molecule has 0 N–H and O–H groups in total. The molecular weight excluding hydrogens is 379 g/mol. The number of piperazine rings is 1. The number of anilines is 1. The maximum atomic E-state index is 13.2. The summed E-state index contributed by atoms with van der Waals surface area (Å²) in [4.78, 5) is 4.96. The molecule has 4 rings (SSSR count). The number of benzene rings is 2. The minimum Gasteiger partial charge on any atom is -0.369 e. The molecule has 1 saturated heterocycles. The van der Waals surface area contributed by atoms with E-state index in [9.17, 15) is 4.39 Å². The van der Waals surface area contributed by atoms with Crippen molar-refractivity contribution in [2.24, 2.45) is 0 Å². The van der Waals surface area contributed by atoms with Crippen LogP contribution in [0.3, 0.4) is 0 Å². The predicted octanol–water partition coefficient (Wildman–Crippen LogP) is 3.75. The summed E-state index contributed by atoms with van der Waals surface area (Å²) in [5.41, 5.74) is 5.02. The molecule has 1 aliphatic rings. The molecule has 0 aliphatic carbocycles. The Balaban J connectivity index is 1.46. The average Bonchev–Trinajstić information content (AvgIpc) is 3.21. The summed E-state index contributed by atoms with van der Waals surface area (Å²) in [7, 11) is 0. The van der Waals surface area contributed by atoms with Crippen molar-refractivity contribution in [3.63, 3.8) is 0 Å². The smallest absolute Gasteiger partial charge is 0.168 e. The van der Waals surface area contributed by atoms with E-state index >= 15 is 0 Å². The molecule has 2 heterocycles. The highest BCUT2D eigenvalue weighted by molar-refractivity contribution is 5.56. The van der Waals surface area contributed by atoms with Crippen LogP contribution in [0.1, 0.15) is 41.9 Å². The zero-order valence-corrected chi connectivity index (χ0v) is 17.9. The highest BCUT2D eigenvalue weighted by Gasteiger charge is 2.28. The molecular formula is C23H29FN6. The van der Waals surface area contributed by atoms with Crippen LogP contribution in [-0.2, 0) is 6.54 Å². The zero-order chi connectivity index (χ0) is 21.1. The third kappa shape index (κ3) is 4.21. The van der Waals surface area contributed by atoms with Gasteiger partial charge in [0.05, 0.1) is 12.6 Å². The van der Waals surface area contributed by atoms with E-state index in [4.69, 9.17) is 0 Å². The van der Waals surface area contributed by atoms with Crippen molar-refractivity contribution < 1.29 is 4.39 Å². The molecule has 0 radical (unpaired) electrons. The van der Waals surface area contributed by atoms with Crippen LogP contribution in [0.4, 0.5) is 10.1 Å². The van der Waals surface area contributed by atoms with Gasteiger partial charge in [-0.1, -0.05) is 31.2 Å². The number of aromatic nitrogens is 4. The fraction of sp³-hybridized carbons (Fsp3) is 0.435. The van der Waals surface area contributed by atoms with Crippen LogP contribution in [0.25, 0.3) is 0 Å². The zero-order valence-electron chi connectivity index (χ0n) is 17.9. The lowest BCUT2D eigenvalue weighted by atomic mass is 10.1. The standard InChI is InChI=1S/C23H29FN6/c1-4-21(23-25-26-27-30(23)16-19-8-10-20(24)11-9-19)28-12-14-29(15-13-28)22-7-5-6-17(2)18(22)3/h5-11,21H,4,12-16H2,1-3H3/t21-/m0/s1. The number of tetrazole rings is 1. The second-order valence-corrected chi connectivity index (χ2v) is 7.99. The lowest BCUT2D eigenvalue weighted by molar-refractivity contribution is 0.169. The molecule has 7 heteroatoms. The van der Waals surface area contributed by atoms with E-state index < -0.39 is 0 Å². The Morgan fingerprint density at radius 2 is 1.73 bits per heavy atom. The monoisotopic (exact) mass is 408 g/mol. The Kier molecular flexibility index (Phi) is 6.08. The fourth-order valence-electron chi connectivity index (χ4n) is 4.28. The number of nitrogens with zero attached hydrogens (tertiary/aromatic N) is 6. The van der Waals surface area contributed by atoms with Crippen LogP contribution in [0.15, 0.2) is 42.5 Å². The second kappa shape index (κ2) is 8.92. The maximum Gasteiger partial charge on any atom is 0.168 e. The normalized spacial score (nSPS) is 16.1. The highest BCUT2D eigenvalue weighted by atomic mass is 19.1. The molecule has 6 nitrogen and oxygen atoms in total. The van der Waals surface area contributed by atoms with Gasteiger partial charge in [-0.3, -0.25) is 4.90 Å². The summed E-state index contributed by atoms with van der Waals surface area (Å²) in [5, 5.41) is 12.5. The van der Waals surface area contributed by atoms with Crippen LogP contribution >= 0.6 is 0 Å². The third-order valence-corrected chi connectivity index (χ3v) is 6.16. The van der Waals surface area contributed by atoms with E-state index in [1.807, 2.05) is 4.68 Å². The Labute approximate surface area is 177 Å². The maximum absolute atomic E-state index is 13.2. The predicted molar refractivity (Wildman–Crippen MR) is 116 cm³/mol. The second-order valence-electron chi connectivity index (χ2n) is 7.99. The Morgan fingerprint density at radius 1 is 1.00 bits per heavy atom. The Morgan fingerprint density at radius 3 is 2.43 bits per heavy atom. The van der Waals surface area contributed by atoms with Crippen LogP contribution in [0, 0.1) is 19.7 Å². The van der Waals surface area contributed by atoms with E-state index in [2.05, 4.69) is 64.3 Å². The van der Waals surface area contributed by atoms with Crippen LogP contribution in [0.5, 0.6) is 0 Å². The molecule has 0 amide bonds. The van der Waals surface area contributed by atoms with E-state index in [0.29, 0.717) is 6.54 Å². The Hall–Kier alpha value is -2.80. The van der Waals surface area contributed by atoms with Gasteiger partial charge in [0.1, 0.15) is 5.82 Å². The van der Waals surface area contributed by atoms with Gasteiger partial charge in [0.25, 0.3) is 0 Å². The summed E-state index contributed by atoms with van der Waals surface area (Å²) in [5.74, 6) is 0.644. The molecule has 0 spiro atoms. The fourth-order valence-corrected chi connectivity index (χ4v) is 4.28. The Bertz CT molecular complexity index is 976. The first-order chi connectivity index (χ1) is 14.6. The summed E-state index contributed by atoms with van der Waals surface area (Å²) in [6, 6.07) is 13.2. The van der Waals surface area contributed by atoms with Gasteiger partial charge in [-0.2, -0.15) is 0 Å². The first kappa shape index (κ1) is 20.5. The lowest BCUT2D eigenvalue weighted by Crippen LogP contribution is -2.48. The van der Waals surface area contributed by atoms with Gasteiger partial charge >= 0.3 is 0 Å². The van der Waals surface area contributed by atoms with Crippen LogP contribution < -0.4 is 4.90 Å². The van der Waals surface area contributed by atoms with E-state index in [-0.39, 0.29) is 11.9 Å². The van der Waals surface area contributed by atoms with Gasteiger partial charge in [-0.25, -0.2) is 9.07 Å². The van der Waals surface area contributed by atoms with Gasteiger partial charge in [-0.15, -0.1) is 5.10 Å². The molecule has 1 atom stereocenters. The van der Waals surface area contributed by atoms with Gasteiger partial charge in [0.2, 0.25) is 0 Å². The number of aryl methyl sites for hydroxylation is 1. The highest BCUT2D eigenvalue weighted by Crippen LogP contribution is 2.28. The van der Waals surface area contributed by atoms with E-state index in [1.54, 1.807) is 12.1 Å². The number of rotatable bonds is 6. The van der Waals surface area contributed by atoms with Gasteiger partial charge in [-0.05, 0) is 65.6 Å². The molecule has 2 aromatic carbocycles. The quantitative estimate of drug-likeness (QED) is 0.622. The van der Waals surface area contributed by atoms with Crippen LogP contribution in [0.2, 0.25) is 0 Å². The molecule has 1 aliphatic heterocycles. The van der Waals surface area contributed by atoms with Crippen molar-refractivity contribution in [2.75, 3.05) is 31.1 Å². The molecule has 30 heavy (non-hydrogen) atoms. The topological polar surface area (TPSA) is 50.1 Å². The molecule has 3 aromatic rings. The number of hydrogen-bond acceptors (Lipinski definition) is 5. The van der Waals surface area contributed by atoms with Crippen molar-refractivity contribution in [2.45, 2.75) is 39.8 Å². The van der Waals surface area contributed by atoms with Crippen molar-refractivity contribution >= 4 is 5.69 Å². The minimum atomic E-state index is -0.233. The van der Waals surface area contributed by atoms with Crippen molar-refractivity contribution in [3.8, 4) is 0 Å². The molecule has 0 saturated carbocycles. The van der Waals surface area contributed by atoms with E-state index in [0.717, 1.165) is 44.0 Å². The average molecular weight is 409 g/mol. The van der Waals surface area contributed by atoms with Gasteiger partial charge < -0.3 is 4.90 Å². The molecule has 158 valence electrons. The first-order valence-electron chi connectivity index (χ1n) is 10.6. The van der Waals surface area contributed by atoms with Crippen molar-refractivity contribution in [1.29, 1.82) is 0 Å². The summed E-state index contributed by atoms with van der Waals surface area (Å²) >= 11 is 0. The molecule has 1 aromatic heterocycles. The molecule has 1 fully saturated rings. The third-order valence-electron chi connectivity index (χ3n) is 6.16. The lowest BCUT2D eigenvalue weighted by Gasteiger charge is -2.40. The van der Waals surface area contributed by atoms with Crippen molar-refractivity contribution in [1.82, 2.24) is 25.1 Å². The molecule has 0 unspecified atom stereocenters. The number of halogens is 1. The number of hydrogen-bond donors (Lipinski definition) is 0. The summed E-state index contributed by atoms with van der Waals surface area (Å²) < 4.78 is 15.1. The van der Waals surface area contributed by atoms with Crippen molar-refractivity contribution in [3.05, 3.63) is 70.8 Å². The van der Waals surface area contributed by atoms with E-state index in [1.165, 1.54) is 28.9 Å². The van der Waals surface area contributed by atoms with Gasteiger partial charge in [0, 0.05) is 31.9 Å². The largest absolute Gasteiger partial charge is 0.369 e. The summed E-state index contributed by atoms with van der Waals surface area (Å²) in [6.07, 6.45) is 0.938. The molecule has 0 bridgehead atoms.